The fourth-order valence-corrected chi connectivity index (χ4v) is 5.21. The van der Waals surface area contributed by atoms with Gasteiger partial charge >= 0.3 is 12.6 Å². The minimum absolute atomic E-state index is 0.132. The Bertz CT molecular complexity index is 586. The molecule has 8 heteroatoms. The van der Waals surface area contributed by atoms with Crippen LogP contribution in [-0.2, 0) is 13.6 Å². The van der Waals surface area contributed by atoms with Crippen molar-refractivity contribution in [2.24, 2.45) is 0 Å². The Labute approximate surface area is 151 Å². The molecule has 0 saturated heterocycles. The molecule has 0 spiro atoms. The normalized spacial score (nSPS) is 13.8. The van der Waals surface area contributed by atoms with E-state index in [1.807, 2.05) is 13.0 Å². The zero-order valence-corrected chi connectivity index (χ0v) is 16.4. The Balaban J connectivity index is 3.20. The summed E-state index contributed by atoms with van der Waals surface area (Å²) in [5.41, 5.74) is 0.633. The van der Waals surface area contributed by atoms with Gasteiger partial charge in [-0.3, -0.25) is 4.57 Å². The van der Waals surface area contributed by atoms with Crippen molar-refractivity contribution in [2.75, 3.05) is 13.2 Å². The molecule has 0 aliphatic rings. The van der Waals surface area contributed by atoms with Crippen LogP contribution in [0.15, 0.2) is 35.2 Å². The monoisotopic (exact) mass is 398 g/mol. The molecule has 0 aliphatic carbocycles. The summed E-state index contributed by atoms with van der Waals surface area (Å²) in [6.45, 7) is 4.58. The van der Waals surface area contributed by atoms with Crippen LogP contribution in [0.3, 0.4) is 0 Å². The Hall–Kier alpha value is -0.390. The molecular weight excluding hydrogens is 377 g/mol. The highest BCUT2D eigenvalue weighted by molar-refractivity contribution is 8.09. The third-order valence-corrected chi connectivity index (χ3v) is 7.15. The van der Waals surface area contributed by atoms with Crippen LogP contribution in [0.5, 0.6) is 0 Å². The first-order valence-electron chi connectivity index (χ1n) is 7.71. The van der Waals surface area contributed by atoms with Gasteiger partial charge in [-0.1, -0.05) is 55.3 Å². The van der Waals surface area contributed by atoms with Crippen LogP contribution in [0, 0.1) is 0 Å². The van der Waals surface area contributed by atoms with E-state index in [1.54, 1.807) is 24.3 Å². The second kappa shape index (κ2) is 9.93. The molecule has 0 bridgehead atoms. The summed E-state index contributed by atoms with van der Waals surface area (Å²) in [7, 11) is -4.59. The predicted molar refractivity (Wildman–Crippen MR) is 97.5 cm³/mol. The lowest BCUT2D eigenvalue weighted by Crippen LogP contribution is -2.17. The van der Waals surface area contributed by atoms with E-state index in [1.165, 1.54) is 13.8 Å². The summed E-state index contributed by atoms with van der Waals surface area (Å²) in [5.74, 6) is 0. The van der Waals surface area contributed by atoms with Gasteiger partial charge < -0.3 is 9.05 Å². The summed E-state index contributed by atoms with van der Waals surface area (Å²) in [4.78, 5) is -3.46. The largest absolute Gasteiger partial charge is 0.410 e. The lowest BCUT2D eigenvalue weighted by molar-refractivity contribution is 0.112. The summed E-state index contributed by atoms with van der Waals surface area (Å²) in [5, 5.41) is 0.224. The first kappa shape index (κ1) is 21.7. The van der Waals surface area contributed by atoms with Crippen molar-refractivity contribution >= 4 is 36.0 Å². The molecule has 0 heterocycles. The topological polar surface area (TPSA) is 35.5 Å². The van der Waals surface area contributed by atoms with E-state index in [-0.39, 0.29) is 34.9 Å². The van der Waals surface area contributed by atoms with Crippen molar-refractivity contribution in [3.63, 3.8) is 0 Å². The SMILES string of the molecule is CCC/C(SC(F)(F)P(=O)(OCC)OCC)=C(\Cl)c1ccccc1. The quantitative estimate of drug-likeness (QED) is 0.400. The molecule has 1 aromatic rings. The van der Waals surface area contributed by atoms with Gasteiger partial charge in [0.2, 0.25) is 0 Å². The fourth-order valence-electron chi connectivity index (χ4n) is 1.91. The number of alkyl halides is 2. The third kappa shape index (κ3) is 5.57. The Kier molecular flexibility index (Phi) is 8.96. The predicted octanol–water partition coefficient (Wildman–Crippen LogP) is 6.94. The number of hydrogen-bond donors (Lipinski definition) is 0. The number of benzene rings is 1. The molecule has 1 rings (SSSR count). The molecular formula is C16H22ClF2O3PS. The van der Waals surface area contributed by atoms with Crippen molar-refractivity contribution in [1.29, 1.82) is 0 Å². The summed E-state index contributed by atoms with van der Waals surface area (Å²) in [6, 6.07) is 8.83. The van der Waals surface area contributed by atoms with E-state index in [9.17, 15) is 13.3 Å². The van der Waals surface area contributed by atoms with Gasteiger partial charge in [-0.05, 0) is 37.6 Å². The summed E-state index contributed by atoms with van der Waals surface area (Å²) in [6.07, 6.45) is 0.960. The van der Waals surface area contributed by atoms with Crippen LogP contribution in [0.2, 0.25) is 0 Å². The maximum absolute atomic E-state index is 14.7. The number of thioether (sulfide) groups is 1. The Morgan fingerprint density at radius 2 is 1.71 bits per heavy atom. The van der Waals surface area contributed by atoms with Gasteiger partial charge in [0.15, 0.2) is 0 Å². The van der Waals surface area contributed by atoms with Gasteiger partial charge in [0.25, 0.3) is 0 Å². The molecule has 0 radical (unpaired) electrons. The van der Waals surface area contributed by atoms with E-state index in [0.717, 1.165) is 0 Å². The summed E-state index contributed by atoms with van der Waals surface area (Å²) >= 11 is 6.48. The lowest BCUT2D eigenvalue weighted by atomic mass is 10.2. The molecule has 3 nitrogen and oxygen atoms in total. The minimum Gasteiger partial charge on any atom is -0.304 e. The number of rotatable bonds is 10. The highest BCUT2D eigenvalue weighted by Gasteiger charge is 2.54. The average molecular weight is 399 g/mol. The maximum Gasteiger partial charge on any atom is 0.410 e. The van der Waals surface area contributed by atoms with Crippen molar-refractivity contribution in [3.05, 3.63) is 40.8 Å². The van der Waals surface area contributed by atoms with Crippen LogP contribution in [0.25, 0.3) is 5.03 Å². The molecule has 0 fully saturated rings. The smallest absolute Gasteiger partial charge is 0.304 e. The molecule has 0 atom stereocenters. The molecule has 1 aromatic carbocycles. The molecule has 0 amide bonds. The van der Waals surface area contributed by atoms with Gasteiger partial charge in [0.05, 0.1) is 18.2 Å². The fraction of sp³-hybridized carbons (Fsp3) is 0.500. The minimum atomic E-state index is -4.59. The average Bonchev–Trinajstić information content (AvgIpc) is 2.55. The number of allylic oxidation sites excluding steroid dienone is 1. The van der Waals surface area contributed by atoms with Gasteiger partial charge in [-0.2, -0.15) is 8.78 Å². The van der Waals surface area contributed by atoms with E-state index in [0.29, 0.717) is 18.4 Å². The van der Waals surface area contributed by atoms with Crippen LogP contribution in [-0.4, -0.2) is 18.2 Å². The van der Waals surface area contributed by atoms with Gasteiger partial charge in [-0.25, -0.2) is 0 Å². The molecule has 0 aromatic heterocycles. The molecule has 136 valence electrons. The molecule has 0 saturated carbocycles. The number of hydrogen-bond acceptors (Lipinski definition) is 4. The van der Waals surface area contributed by atoms with Crippen LogP contribution < -0.4 is 0 Å². The second-order valence-electron chi connectivity index (χ2n) is 4.77. The van der Waals surface area contributed by atoms with Gasteiger partial charge in [0, 0.05) is 4.91 Å². The van der Waals surface area contributed by atoms with Crippen molar-refractivity contribution < 1.29 is 22.4 Å². The van der Waals surface area contributed by atoms with Crippen LogP contribution in [0.4, 0.5) is 8.78 Å². The maximum atomic E-state index is 14.7. The molecule has 24 heavy (non-hydrogen) atoms. The zero-order chi connectivity index (χ0) is 18.2. The van der Waals surface area contributed by atoms with Crippen molar-refractivity contribution in [3.8, 4) is 0 Å². The first-order valence-corrected chi connectivity index (χ1v) is 10.4. The molecule has 0 aliphatic heterocycles. The van der Waals surface area contributed by atoms with E-state index < -0.39 is 12.6 Å². The van der Waals surface area contributed by atoms with E-state index in [4.69, 9.17) is 20.6 Å². The molecule has 0 unspecified atom stereocenters. The zero-order valence-electron chi connectivity index (χ0n) is 13.9. The third-order valence-electron chi connectivity index (χ3n) is 2.91. The van der Waals surface area contributed by atoms with E-state index >= 15 is 0 Å². The Morgan fingerprint density at radius 3 is 2.17 bits per heavy atom. The van der Waals surface area contributed by atoms with Crippen molar-refractivity contribution in [1.82, 2.24) is 0 Å². The van der Waals surface area contributed by atoms with Gasteiger partial charge in [0.1, 0.15) is 0 Å². The highest BCUT2D eigenvalue weighted by atomic mass is 35.5. The van der Waals surface area contributed by atoms with Crippen molar-refractivity contribution in [2.45, 2.75) is 38.6 Å². The Morgan fingerprint density at radius 1 is 1.17 bits per heavy atom. The molecule has 0 N–H and O–H groups in total. The standard InChI is InChI=1S/C16H22ClF2O3PS/c1-4-10-14(15(17)13-11-8-7-9-12-13)24-16(18,19)23(20,21-5-2)22-6-3/h7-9,11-12H,4-6,10H2,1-3H3/b15-14+. The van der Waals surface area contributed by atoms with E-state index in [2.05, 4.69) is 0 Å². The summed E-state index contributed by atoms with van der Waals surface area (Å²) < 4.78 is 51.4. The highest BCUT2D eigenvalue weighted by Crippen LogP contribution is 2.68. The van der Waals surface area contributed by atoms with Gasteiger partial charge in [-0.15, -0.1) is 0 Å². The number of halogens is 3. The van der Waals surface area contributed by atoms with Crippen LogP contribution >= 0.6 is 31.0 Å². The first-order chi connectivity index (χ1) is 11.3. The van der Waals surface area contributed by atoms with Crippen LogP contribution in [0.1, 0.15) is 39.2 Å². The second-order valence-corrected chi connectivity index (χ2v) is 8.74. The lowest BCUT2D eigenvalue weighted by Gasteiger charge is -2.26.